The predicted molar refractivity (Wildman–Crippen MR) is 132 cm³/mol. The summed E-state index contributed by atoms with van der Waals surface area (Å²) in [6.45, 7) is 6.78. The van der Waals surface area contributed by atoms with Crippen LogP contribution in [-0.2, 0) is 20.9 Å². The van der Waals surface area contributed by atoms with Crippen molar-refractivity contribution in [3.8, 4) is 0 Å². The van der Waals surface area contributed by atoms with Gasteiger partial charge in [0, 0.05) is 18.7 Å². The van der Waals surface area contributed by atoms with E-state index >= 15 is 0 Å². The minimum Gasteiger partial charge on any atom is -0.454 e. The van der Waals surface area contributed by atoms with Crippen molar-refractivity contribution in [2.75, 3.05) is 23.8 Å². The summed E-state index contributed by atoms with van der Waals surface area (Å²) in [6.07, 6.45) is 1.86. The molecule has 4 N–H and O–H groups in total. The molecule has 11 nitrogen and oxygen atoms in total. The molecule has 0 aliphatic carbocycles. The molecule has 0 saturated carbocycles. The Balaban J connectivity index is 2.15. The number of hydrogen-bond donors (Lipinski definition) is 3. The SMILES string of the molecule is CCCCN(C(=O)COC(=O)[C@H](C)NC(=O)c1cccc(C)c1)c1c(N)n(CCC)c(=O)[nH]c1=O. The zero-order valence-corrected chi connectivity index (χ0v) is 20.6. The highest BCUT2D eigenvalue weighted by Crippen LogP contribution is 2.18. The molecular formula is C24H33N5O6. The third-order valence-electron chi connectivity index (χ3n) is 5.29. The molecule has 1 atom stereocenters. The van der Waals surface area contributed by atoms with Gasteiger partial charge < -0.3 is 20.7 Å². The molecule has 0 radical (unpaired) electrons. The van der Waals surface area contributed by atoms with E-state index in [0.717, 1.165) is 16.9 Å². The summed E-state index contributed by atoms with van der Waals surface area (Å²) < 4.78 is 6.32. The van der Waals surface area contributed by atoms with Crippen LogP contribution in [0.2, 0.25) is 0 Å². The second-order valence-electron chi connectivity index (χ2n) is 8.22. The third kappa shape index (κ3) is 7.05. The van der Waals surface area contributed by atoms with Crippen LogP contribution >= 0.6 is 0 Å². The fourth-order valence-corrected chi connectivity index (χ4v) is 3.42. The molecule has 35 heavy (non-hydrogen) atoms. The predicted octanol–water partition coefficient (Wildman–Crippen LogP) is 1.33. The summed E-state index contributed by atoms with van der Waals surface area (Å²) in [5.41, 5.74) is 5.77. The van der Waals surface area contributed by atoms with Gasteiger partial charge in [-0.3, -0.25) is 23.9 Å². The number of nitrogens with two attached hydrogens (primary N) is 1. The number of aromatic nitrogens is 2. The van der Waals surface area contributed by atoms with Crippen LogP contribution in [0, 0.1) is 6.92 Å². The highest BCUT2D eigenvalue weighted by atomic mass is 16.5. The van der Waals surface area contributed by atoms with E-state index in [2.05, 4.69) is 10.3 Å². The van der Waals surface area contributed by atoms with E-state index in [1.165, 1.54) is 11.5 Å². The average Bonchev–Trinajstić information content (AvgIpc) is 2.81. The molecular weight excluding hydrogens is 454 g/mol. The number of nitrogen functional groups attached to an aromatic ring is 1. The van der Waals surface area contributed by atoms with E-state index in [1.54, 1.807) is 18.2 Å². The highest BCUT2D eigenvalue weighted by molar-refractivity contribution is 5.99. The number of nitrogens with one attached hydrogen (secondary N) is 2. The Morgan fingerprint density at radius 3 is 2.54 bits per heavy atom. The molecule has 0 saturated heterocycles. The molecule has 2 amide bonds. The number of hydrogen-bond acceptors (Lipinski definition) is 7. The summed E-state index contributed by atoms with van der Waals surface area (Å²) in [7, 11) is 0. The fraction of sp³-hybridized carbons (Fsp3) is 0.458. The van der Waals surface area contributed by atoms with Crippen molar-refractivity contribution in [3.05, 3.63) is 56.2 Å². The van der Waals surface area contributed by atoms with Gasteiger partial charge >= 0.3 is 11.7 Å². The van der Waals surface area contributed by atoms with Crippen molar-refractivity contribution in [2.24, 2.45) is 0 Å². The minimum atomic E-state index is -1.01. The first kappa shape index (κ1) is 27.4. The van der Waals surface area contributed by atoms with Crippen LogP contribution in [0.25, 0.3) is 0 Å². The van der Waals surface area contributed by atoms with E-state index in [0.29, 0.717) is 18.4 Å². The number of nitrogens with zero attached hydrogens (tertiary/aromatic N) is 2. The van der Waals surface area contributed by atoms with Gasteiger partial charge in [-0.1, -0.05) is 38.0 Å². The standard InChI is InChI=1S/C24H33N5O6/c1-5-7-12-28(19-20(25)29(11-6-2)24(34)27-22(19)32)18(30)14-35-23(33)16(4)26-21(31)17-10-8-9-15(3)13-17/h8-10,13,16H,5-7,11-12,14,25H2,1-4H3,(H,26,31)(H,27,32,34)/t16-/m0/s1. The number of amides is 2. The van der Waals surface area contributed by atoms with Gasteiger partial charge in [-0.05, 0) is 38.8 Å². The lowest BCUT2D eigenvalue weighted by atomic mass is 10.1. The third-order valence-corrected chi connectivity index (χ3v) is 5.29. The highest BCUT2D eigenvalue weighted by Gasteiger charge is 2.26. The molecule has 0 fully saturated rings. The van der Waals surface area contributed by atoms with Gasteiger partial charge in [-0.2, -0.15) is 0 Å². The summed E-state index contributed by atoms with van der Waals surface area (Å²) in [5.74, 6) is -2.07. The zero-order valence-electron chi connectivity index (χ0n) is 20.6. The van der Waals surface area contributed by atoms with Crippen molar-refractivity contribution in [3.63, 3.8) is 0 Å². The molecule has 0 aliphatic heterocycles. The molecule has 1 aromatic heterocycles. The maximum atomic E-state index is 13.0. The van der Waals surface area contributed by atoms with Gasteiger partial charge in [0.25, 0.3) is 17.4 Å². The molecule has 2 rings (SSSR count). The minimum absolute atomic E-state index is 0.129. The summed E-state index contributed by atoms with van der Waals surface area (Å²) in [4.78, 5) is 65.8. The van der Waals surface area contributed by atoms with E-state index in [1.807, 2.05) is 26.8 Å². The van der Waals surface area contributed by atoms with Gasteiger partial charge in [-0.15, -0.1) is 0 Å². The quantitative estimate of drug-likeness (QED) is 0.404. The molecule has 0 aliphatic rings. The number of unbranched alkanes of at least 4 members (excludes halogenated alkanes) is 1. The number of rotatable bonds is 11. The lowest BCUT2D eigenvalue weighted by Crippen LogP contribution is -2.44. The Hall–Kier alpha value is -3.89. The lowest BCUT2D eigenvalue weighted by molar-refractivity contribution is -0.149. The van der Waals surface area contributed by atoms with Gasteiger partial charge in [-0.25, -0.2) is 9.59 Å². The summed E-state index contributed by atoms with van der Waals surface area (Å²) in [5, 5.41) is 2.54. The average molecular weight is 488 g/mol. The molecule has 11 heteroatoms. The number of ether oxygens (including phenoxy) is 1. The molecule has 1 heterocycles. The molecule has 0 unspecified atom stereocenters. The van der Waals surface area contributed by atoms with Crippen LogP contribution in [0.3, 0.4) is 0 Å². The first-order chi connectivity index (χ1) is 16.6. The maximum absolute atomic E-state index is 13.0. The Kier molecular flexibility index (Phi) is 9.80. The number of aryl methyl sites for hydroxylation is 1. The van der Waals surface area contributed by atoms with E-state index in [9.17, 15) is 24.0 Å². The Bertz CT molecular complexity index is 1190. The van der Waals surface area contributed by atoms with Gasteiger partial charge in [0.1, 0.15) is 11.9 Å². The number of esters is 1. The van der Waals surface area contributed by atoms with Crippen molar-refractivity contribution in [1.29, 1.82) is 0 Å². The van der Waals surface area contributed by atoms with Crippen LogP contribution in [0.4, 0.5) is 11.5 Å². The van der Waals surface area contributed by atoms with Gasteiger partial charge in [0.05, 0.1) is 0 Å². The largest absolute Gasteiger partial charge is 0.454 e. The van der Waals surface area contributed by atoms with Crippen LogP contribution < -0.4 is 27.2 Å². The van der Waals surface area contributed by atoms with Gasteiger partial charge in [0.15, 0.2) is 12.3 Å². The molecule has 0 bridgehead atoms. The smallest absolute Gasteiger partial charge is 0.330 e. The molecule has 190 valence electrons. The number of carbonyl (C=O) groups excluding carboxylic acids is 3. The van der Waals surface area contributed by atoms with Gasteiger partial charge in [0.2, 0.25) is 0 Å². The molecule has 1 aromatic carbocycles. The van der Waals surface area contributed by atoms with E-state index in [-0.39, 0.29) is 24.6 Å². The van der Waals surface area contributed by atoms with Crippen LogP contribution in [-0.4, -0.2) is 46.5 Å². The molecule has 2 aromatic rings. The second-order valence-corrected chi connectivity index (χ2v) is 8.22. The second kappa shape index (κ2) is 12.5. The Labute approximate surface area is 203 Å². The summed E-state index contributed by atoms with van der Waals surface area (Å²) >= 11 is 0. The van der Waals surface area contributed by atoms with Crippen molar-refractivity contribution in [1.82, 2.24) is 14.9 Å². The number of carbonyl (C=O) groups is 3. The van der Waals surface area contributed by atoms with Crippen LogP contribution in [0.1, 0.15) is 56.0 Å². The Morgan fingerprint density at radius 1 is 1.20 bits per heavy atom. The Morgan fingerprint density at radius 2 is 1.91 bits per heavy atom. The monoisotopic (exact) mass is 487 g/mol. The fourth-order valence-electron chi connectivity index (χ4n) is 3.42. The lowest BCUT2D eigenvalue weighted by Gasteiger charge is -2.24. The first-order valence-electron chi connectivity index (χ1n) is 11.6. The molecule has 0 spiro atoms. The maximum Gasteiger partial charge on any atom is 0.330 e. The van der Waals surface area contributed by atoms with Crippen molar-refractivity contribution < 1.29 is 19.1 Å². The normalized spacial score (nSPS) is 11.5. The number of anilines is 2. The topological polar surface area (TPSA) is 157 Å². The van der Waals surface area contributed by atoms with Crippen molar-refractivity contribution in [2.45, 2.75) is 59.5 Å². The van der Waals surface area contributed by atoms with Crippen LogP contribution in [0.5, 0.6) is 0 Å². The number of benzene rings is 1. The number of H-pyrrole nitrogens is 1. The summed E-state index contributed by atoms with van der Waals surface area (Å²) in [6, 6.07) is 5.86. The zero-order chi connectivity index (χ0) is 26.1. The van der Waals surface area contributed by atoms with Crippen LogP contribution in [0.15, 0.2) is 33.9 Å². The first-order valence-corrected chi connectivity index (χ1v) is 11.6. The number of aromatic amines is 1. The van der Waals surface area contributed by atoms with Crippen molar-refractivity contribution >= 4 is 29.3 Å². The van der Waals surface area contributed by atoms with E-state index < -0.39 is 41.7 Å². The van der Waals surface area contributed by atoms with E-state index in [4.69, 9.17) is 10.5 Å².